The number of hydrogen-bond donors (Lipinski definition) is 0. The highest BCUT2D eigenvalue weighted by Crippen LogP contribution is 2.43. The Hall–Kier alpha value is -0.600. The van der Waals surface area contributed by atoms with E-state index in [4.69, 9.17) is 0 Å². The predicted octanol–water partition coefficient (Wildman–Crippen LogP) is 3.69. The van der Waals surface area contributed by atoms with E-state index in [0.717, 1.165) is 18.9 Å². The summed E-state index contributed by atoms with van der Waals surface area (Å²) < 4.78 is 39.1. The molecular weight excluding hydrogens is 360 g/mol. The molecule has 0 spiro atoms. The third-order valence-corrected chi connectivity index (χ3v) is 3.71. The van der Waals surface area contributed by atoms with Gasteiger partial charge >= 0.3 is 6.18 Å². The molecule has 2 rings (SSSR count). The van der Waals surface area contributed by atoms with Gasteiger partial charge in [0.25, 0.3) is 0 Å². The molecule has 100 valence electrons. The number of hydrogen-bond acceptors (Lipinski definition) is 2. The quantitative estimate of drug-likeness (QED) is 0.597. The van der Waals surface area contributed by atoms with E-state index >= 15 is 0 Å². The first kappa shape index (κ1) is 13.8. The molecule has 0 bridgehead atoms. The van der Waals surface area contributed by atoms with Crippen molar-refractivity contribution in [1.29, 1.82) is 0 Å². The average molecular weight is 372 g/mol. The van der Waals surface area contributed by atoms with Gasteiger partial charge in [-0.3, -0.25) is 9.48 Å². The molecule has 1 saturated carbocycles. The van der Waals surface area contributed by atoms with E-state index in [1.54, 1.807) is 29.5 Å². The second-order valence-corrected chi connectivity index (χ2v) is 5.46. The summed E-state index contributed by atoms with van der Waals surface area (Å²) >= 11 is 1.62. The lowest BCUT2D eigenvalue weighted by atomic mass is 10.2. The molecule has 1 aliphatic carbocycles. The number of aromatic nitrogens is 2. The van der Waals surface area contributed by atoms with Crippen LogP contribution >= 0.6 is 22.6 Å². The number of alkyl halides is 3. The van der Waals surface area contributed by atoms with Crippen molar-refractivity contribution < 1.29 is 18.0 Å². The first-order valence-electron chi connectivity index (χ1n) is 5.70. The SMILES string of the molecule is CCC(C(=O)I)n1nc(C(F)(F)F)cc1C1CC1. The van der Waals surface area contributed by atoms with Gasteiger partial charge < -0.3 is 0 Å². The van der Waals surface area contributed by atoms with Crippen molar-refractivity contribution in [2.45, 2.75) is 44.3 Å². The van der Waals surface area contributed by atoms with Crippen LogP contribution in [0.5, 0.6) is 0 Å². The summed E-state index contributed by atoms with van der Waals surface area (Å²) in [5, 5.41) is 3.60. The van der Waals surface area contributed by atoms with Gasteiger partial charge in [0.1, 0.15) is 6.04 Å². The third-order valence-electron chi connectivity index (χ3n) is 2.99. The maximum Gasteiger partial charge on any atom is 0.435 e. The molecule has 1 heterocycles. The minimum atomic E-state index is -4.46. The zero-order valence-electron chi connectivity index (χ0n) is 9.67. The Labute approximate surface area is 116 Å². The standard InChI is InChI=1S/C11H12F3IN2O/c1-2-7(10(15)18)17-8(6-3-4-6)5-9(16-17)11(12,13)14/h5-7H,2-4H2,1H3. The van der Waals surface area contributed by atoms with Crippen molar-refractivity contribution in [3.8, 4) is 0 Å². The Morgan fingerprint density at radius 1 is 1.61 bits per heavy atom. The van der Waals surface area contributed by atoms with E-state index in [1.165, 1.54) is 4.68 Å². The van der Waals surface area contributed by atoms with Gasteiger partial charge in [0.15, 0.2) is 5.69 Å². The van der Waals surface area contributed by atoms with Crippen LogP contribution in [0.1, 0.15) is 49.5 Å². The van der Waals surface area contributed by atoms with Crippen LogP contribution in [0.15, 0.2) is 6.07 Å². The van der Waals surface area contributed by atoms with Crippen LogP contribution < -0.4 is 0 Å². The molecule has 7 heteroatoms. The Kier molecular flexibility index (Phi) is 3.70. The van der Waals surface area contributed by atoms with Crippen molar-refractivity contribution in [2.24, 2.45) is 0 Å². The van der Waals surface area contributed by atoms with Gasteiger partial charge in [-0.15, -0.1) is 0 Å². The van der Waals surface area contributed by atoms with Gasteiger partial charge in [0.2, 0.25) is 3.79 Å². The number of halogens is 4. The normalized spacial score (nSPS) is 17.8. The van der Waals surface area contributed by atoms with Crippen LogP contribution in [-0.4, -0.2) is 13.6 Å². The van der Waals surface area contributed by atoms with E-state index < -0.39 is 17.9 Å². The zero-order valence-corrected chi connectivity index (χ0v) is 11.8. The van der Waals surface area contributed by atoms with E-state index in [1.807, 2.05) is 0 Å². The highest BCUT2D eigenvalue weighted by Gasteiger charge is 2.39. The number of carbonyl (C=O) groups excluding carboxylic acids is 1. The molecule has 0 aliphatic heterocycles. The summed E-state index contributed by atoms with van der Waals surface area (Å²) in [5.74, 6) is 0.124. The van der Waals surface area contributed by atoms with Gasteiger partial charge in [-0.1, -0.05) is 6.92 Å². The van der Waals surface area contributed by atoms with Crippen LogP contribution in [0.2, 0.25) is 0 Å². The summed E-state index contributed by atoms with van der Waals surface area (Å²) in [5.41, 5.74) is -0.361. The maximum absolute atomic E-state index is 12.7. The molecule has 1 aliphatic rings. The van der Waals surface area contributed by atoms with Gasteiger partial charge in [0.05, 0.1) is 0 Å². The largest absolute Gasteiger partial charge is 0.435 e. The molecule has 1 aromatic rings. The summed E-state index contributed by atoms with van der Waals surface area (Å²) in [6.07, 6.45) is -2.27. The van der Waals surface area contributed by atoms with Crippen LogP contribution in [0.4, 0.5) is 13.2 Å². The molecule has 18 heavy (non-hydrogen) atoms. The molecule has 0 N–H and O–H groups in total. The molecule has 1 unspecified atom stereocenters. The lowest BCUT2D eigenvalue weighted by Gasteiger charge is -2.14. The second-order valence-electron chi connectivity index (χ2n) is 4.40. The minimum absolute atomic E-state index is 0.124. The monoisotopic (exact) mass is 372 g/mol. The summed E-state index contributed by atoms with van der Waals surface area (Å²) in [6, 6.07) is 0.484. The Bertz CT molecular complexity index is 465. The van der Waals surface area contributed by atoms with Crippen molar-refractivity contribution in [2.75, 3.05) is 0 Å². The Morgan fingerprint density at radius 2 is 2.22 bits per heavy atom. The highest BCUT2D eigenvalue weighted by molar-refractivity contribution is 14.1. The maximum atomic E-state index is 12.7. The van der Waals surface area contributed by atoms with Crippen LogP contribution in [0, 0.1) is 0 Å². The van der Waals surface area contributed by atoms with E-state index in [9.17, 15) is 18.0 Å². The first-order valence-corrected chi connectivity index (χ1v) is 6.78. The van der Waals surface area contributed by atoms with Gasteiger partial charge in [-0.25, -0.2) is 0 Å². The Balaban J connectivity index is 2.44. The highest BCUT2D eigenvalue weighted by atomic mass is 127. The number of nitrogens with zero attached hydrogens (tertiary/aromatic N) is 2. The lowest BCUT2D eigenvalue weighted by molar-refractivity contribution is -0.141. The summed E-state index contributed by atoms with van der Waals surface area (Å²) in [7, 11) is 0. The van der Waals surface area contributed by atoms with Crippen molar-refractivity contribution >= 4 is 26.4 Å². The van der Waals surface area contributed by atoms with E-state index in [-0.39, 0.29) is 9.71 Å². The van der Waals surface area contributed by atoms with E-state index in [0.29, 0.717) is 12.1 Å². The second kappa shape index (κ2) is 4.82. The fourth-order valence-corrected chi connectivity index (χ4v) is 2.61. The molecule has 1 fully saturated rings. The van der Waals surface area contributed by atoms with Gasteiger partial charge in [-0.2, -0.15) is 18.3 Å². The molecular formula is C11H12F3IN2O. The summed E-state index contributed by atoms with van der Waals surface area (Å²) in [6.45, 7) is 1.77. The molecule has 0 amide bonds. The predicted molar refractivity (Wildman–Crippen MR) is 67.6 cm³/mol. The van der Waals surface area contributed by atoms with Crippen LogP contribution in [-0.2, 0) is 11.0 Å². The van der Waals surface area contributed by atoms with Crippen LogP contribution in [0.25, 0.3) is 0 Å². The molecule has 0 saturated heterocycles. The fourth-order valence-electron chi connectivity index (χ4n) is 1.91. The third kappa shape index (κ3) is 2.70. The molecule has 0 aromatic carbocycles. The first-order chi connectivity index (χ1) is 8.34. The molecule has 3 nitrogen and oxygen atoms in total. The molecule has 0 radical (unpaired) electrons. The smallest absolute Gasteiger partial charge is 0.285 e. The fraction of sp³-hybridized carbons (Fsp3) is 0.636. The van der Waals surface area contributed by atoms with E-state index in [2.05, 4.69) is 5.10 Å². The number of carbonyl (C=O) groups is 1. The average Bonchev–Trinajstić information content (AvgIpc) is 2.98. The summed E-state index contributed by atoms with van der Waals surface area (Å²) in [4.78, 5) is 11.5. The minimum Gasteiger partial charge on any atom is -0.285 e. The van der Waals surface area contributed by atoms with Gasteiger partial charge in [-0.05, 0) is 25.3 Å². The lowest BCUT2D eigenvalue weighted by Crippen LogP contribution is -2.18. The zero-order chi connectivity index (χ0) is 13.5. The topological polar surface area (TPSA) is 34.9 Å². The molecule has 1 aromatic heterocycles. The van der Waals surface area contributed by atoms with Crippen molar-refractivity contribution in [3.63, 3.8) is 0 Å². The van der Waals surface area contributed by atoms with Gasteiger partial charge in [0, 0.05) is 34.2 Å². The number of rotatable bonds is 4. The molecule has 1 atom stereocenters. The van der Waals surface area contributed by atoms with Crippen molar-refractivity contribution in [1.82, 2.24) is 9.78 Å². The van der Waals surface area contributed by atoms with Crippen LogP contribution in [0.3, 0.4) is 0 Å². The Morgan fingerprint density at radius 3 is 2.61 bits per heavy atom. The van der Waals surface area contributed by atoms with Crippen molar-refractivity contribution in [3.05, 3.63) is 17.5 Å².